The van der Waals surface area contributed by atoms with E-state index in [4.69, 9.17) is 11.6 Å². The van der Waals surface area contributed by atoms with Crippen LogP contribution >= 0.6 is 11.6 Å². The first-order valence-electron chi connectivity index (χ1n) is 7.78. The summed E-state index contributed by atoms with van der Waals surface area (Å²) in [7, 11) is 1.90. The monoisotopic (exact) mass is 352 g/mol. The summed E-state index contributed by atoms with van der Waals surface area (Å²) in [5.41, 5.74) is 2.24. The summed E-state index contributed by atoms with van der Waals surface area (Å²) in [4.78, 5) is 14.1. The van der Waals surface area contributed by atoms with Crippen LogP contribution in [0.3, 0.4) is 0 Å². The van der Waals surface area contributed by atoms with E-state index in [0.29, 0.717) is 17.4 Å². The molecule has 1 aromatic heterocycles. The lowest BCUT2D eigenvalue weighted by atomic mass is 10.2. The number of aromatic nitrogens is 2. The molecule has 1 N–H and O–H groups in total. The van der Waals surface area contributed by atoms with Gasteiger partial charge in [0.05, 0.1) is 0 Å². The number of benzene rings is 2. The average molecular weight is 353 g/mol. The zero-order valence-corrected chi connectivity index (χ0v) is 14.4. The lowest BCUT2D eigenvalue weighted by Crippen LogP contribution is -2.24. The molecule has 3 aromatic rings. The van der Waals surface area contributed by atoms with Crippen molar-refractivity contribution in [3.05, 3.63) is 83.0 Å². The molecule has 2 aromatic carbocycles. The van der Waals surface area contributed by atoms with Gasteiger partial charge in [0.1, 0.15) is 0 Å². The van der Waals surface area contributed by atoms with Crippen molar-refractivity contribution < 1.29 is 4.79 Å². The SMILES string of the molecule is CN(c1ccccc1)c1ccc(C(=O)NCc2ccc(Cl)cc2)nn1. The predicted octanol–water partition coefficient (Wildman–Crippen LogP) is 3.83. The highest BCUT2D eigenvalue weighted by molar-refractivity contribution is 6.30. The number of para-hydroxylation sites is 1. The summed E-state index contributed by atoms with van der Waals surface area (Å²) in [6.07, 6.45) is 0. The van der Waals surface area contributed by atoms with Crippen LogP contribution in [0.2, 0.25) is 5.02 Å². The van der Waals surface area contributed by atoms with Gasteiger partial charge in [0.25, 0.3) is 5.91 Å². The Labute approximate surface area is 151 Å². The molecule has 0 spiro atoms. The van der Waals surface area contributed by atoms with E-state index in [1.807, 2.05) is 54.4 Å². The summed E-state index contributed by atoms with van der Waals surface area (Å²) in [5, 5.41) is 11.6. The van der Waals surface area contributed by atoms with Crippen molar-refractivity contribution >= 4 is 29.0 Å². The summed E-state index contributed by atoms with van der Waals surface area (Å²) >= 11 is 5.85. The molecule has 3 rings (SSSR count). The molecule has 5 nitrogen and oxygen atoms in total. The van der Waals surface area contributed by atoms with Gasteiger partial charge in [-0.2, -0.15) is 0 Å². The van der Waals surface area contributed by atoms with Crippen LogP contribution in [0, 0.1) is 0 Å². The van der Waals surface area contributed by atoms with Gasteiger partial charge in [0.15, 0.2) is 11.5 Å². The second-order valence-electron chi connectivity index (χ2n) is 5.48. The molecule has 25 heavy (non-hydrogen) atoms. The van der Waals surface area contributed by atoms with E-state index >= 15 is 0 Å². The zero-order chi connectivity index (χ0) is 17.6. The van der Waals surface area contributed by atoms with Crippen molar-refractivity contribution in [1.29, 1.82) is 0 Å². The third kappa shape index (κ3) is 4.33. The Hall–Kier alpha value is -2.92. The normalized spacial score (nSPS) is 10.3. The van der Waals surface area contributed by atoms with Gasteiger partial charge >= 0.3 is 0 Å². The molecule has 0 aliphatic rings. The number of nitrogens with one attached hydrogen (secondary N) is 1. The Morgan fingerprint density at radius 1 is 1.00 bits per heavy atom. The smallest absolute Gasteiger partial charge is 0.272 e. The van der Waals surface area contributed by atoms with Crippen LogP contribution in [-0.4, -0.2) is 23.2 Å². The number of anilines is 2. The lowest BCUT2D eigenvalue weighted by molar-refractivity contribution is 0.0945. The number of nitrogens with zero attached hydrogens (tertiary/aromatic N) is 3. The maximum absolute atomic E-state index is 12.2. The topological polar surface area (TPSA) is 58.1 Å². The Kier molecular flexibility index (Phi) is 5.26. The molecule has 126 valence electrons. The lowest BCUT2D eigenvalue weighted by Gasteiger charge is -2.17. The van der Waals surface area contributed by atoms with E-state index in [2.05, 4.69) is 15.5 Å². The summed E-state index contributed by atoms with van der Waals surface area (Å²) < 4.78 is 0. The van der Waals surface area contributed by atoms with Gasteiger partial charge < -0.3 is 10.2 Å². The van der Waals surface area contributed by atoms with Crippen LogP contribution in [0.25, 0.3) is 0 Å². The third-order valence-corrected chi connectivity index (χ3v) is 3.99. The fourth-order valence-electron chi connectivity index (χ4n) is 2.28. The standard InChI is InChI=1S/C19H17ClN4O/c1-24(16-5-3-2-4-6-16)18-12-11-17(22-23-18)19(25)21-13-14-7-9-15(20)10-8-14/h2-12H,13H2,1H3,(H,21,25). The summed E-state index contributed by atoms with van der Waals surface area (Å²) in [6, 6.07) is 20.6. The number of carbonyl (C=O) groups excluding carboxylic acids is 1. The van der Waals surface area contributed by atoms with Gasteiger partial charge in [0, 0.05) is 24.3 Å². The molecular formula is C19H17ClN4O. The fourth-order valence-corrected chi connectivity index (χ4v) is 2.41. The van der Waals surface area contributed by atoms with Crippen molar-refractivity contribution in [3.8, 4) is 0 Å². The van der Waals surface area contributed by atoms with Crippen LogP contribution in [0.1, 0.15) is 16.1 Å². The van der Waals surface area contributed by atoms with Gasteiger partial charge in [0.2, 0.25) is 0 Å². The minimum absolute atomic E-state index is 0.267. The molecule has 6 heteroatoms. The number of halogens is 1. The van der Waals surface area contributed by atoms with E-state index in [1.165, 1.54) is 0 Å². The molecular weight excluding hydrogens is 336 g/mol. The van der Waals surface area contributed by atoms with Gasteiger partial charge in [-0.1, -0.05) is 41.9 Å². The number of amides is 1. The molecule has 0 saturated carbocycles. The molecule has 0 fully saturated rings. The van der Waals surface area contributed by atoms with Crippen LogP contribution in [0.15, 0.2) is 66.7 Å². The van der Waals surface area contributed by atoms with Crippen LogP contribution in [0.4, 0.5) is 11.5 Å². The van der Waals surface area contributed by atoms with Crippen molar-refractivity contribution in [1.82, 2.24) is 15.5 Å². The maximum Gasteiger partial charge on any atom is 0.272 e. The van der Waals surface area contributed by atoms with Crippen LogP contribution in [-0.2, 0) is 6.54 Å². The van der Waals surface area contributed by atoms with Crippen molar-refractivity contribution in [2.24, 2.45) is 0 Å². The largest absolute Gasteiger partial charge is 0.347 e. The van der Waals surface area contributed by atoms with E-state index in [1.54, 1.807) is 24.3 Å². The second kappa shape index (κ2) is 7.77. The molecule has 0 aliphatic heterocycles. The molecule has 0 saturated heterocycles. The fraction of sp³-hybridized carbons (Fsp3) is 0.105. The predicted molar refractivity (Wildman–Crippen MR) is 99.2 cm³/mol. The molecule has 0 bridgehead atoms. The molecule has 0 aliphatic carbocycles. The molecule has 0 unspecified atom stereocenters. The summed E-state index contributed by atoms with van der Waals surface area (Å²) in [5.74, 6) is 0.400. The average Bonchev–Trinajstić information content (AvgIpc) is 2.67. The molecule has 1 amide bonds. The number of hydrogen-bond donors (Lipinski definition) is 1. The maximum atomic E-state index is 12.2. The van der Waals surface area contributed by atoms with Gasteiger partial charge in [-0.25, -0.2) is 0 Å². The van der Waals surface area contributed by atoms with Gasteiger partial charge in [-0.3, -0.25) is 4.79 Å². The molecule has 1 heterocycles. The first kappa shape index (κ1) is 16.9. The van der Waals surface area contributed by atoms with E-state index in [0.717, 1.165) is 11.3 Å². The number of hydrogen-bond acceptors (Lipinski definition) is 4. The first-order chi connectivity index (χ1) is 12.1. The Morgan fingerprint density at radius 2 is 1.72 bits per heavy atom. The van der Waals surface area contributed by atoms with Crippen molar-refractivity contribution in [3.63, 3.8) is 0 Å². The quantitative estimate of drug-likeness (QED) is 0.758. The number of carbonyl (C=O) groups is 1. The first-order valence-corrected chi connectivity index (χ1v) is 8.16. The second-order valence-corrected chi connectivity index (χ2v) is 5.92. The Balaban J connectivity index is 1.63. The van der Waals surface area contributed by atoms with Crippen molar-refractivity contribution in [2.45, 2.75) is 6.54 Å². The van der Waals surface area contributed by atoms with Gasteiger partial charge in [-0.05, 0) is 42.0 Å². The summed E-state index contributed by atoms with van der Waals surface area (Å²) in [6.45, 7) is 0.406. The van der Waals surface area contributed by atoms with Crippen LogP contribution in [0.5, 0.6) is 0 Å². The highest BCUT2D eigenvalue weighted by Crippen LogP contribution is 2.20. The highest BCUT2D eigenvalue weighted by atomic mass is 35.5. The third-order valence-electron chi connectivity index (χ3n) is 3.74. The van der Waals surface area contributed by atoms with E-state index in [-0.39, 0.29) is 11.6 Å². The minimum Gasteiger partial charge on any atom is -0.347 e. The minimum atomic E-state index is -0.267. The Morgan fingerprint density at radius 3 is 2.36 bits per heavy atom. The zero-order valence-electron chi connectivity index (χ0n) is 13.7. The molecule has 0 radical (unpaired) electrons. The van der Waals surface area contributed by atoms with E-state index in [9.17, 15) is 4.79 Å². The highest BCUT2D eigenvalue weighted by Gasteiger charge is 2.10. The molecule has 0 atom stereocenters. The van der Waals surface area contributed by atoms with Crippen LogP contribution < -0.4 is 10.2 Å². The van der Waals surface area contributed by atoms with Crippen molar-refractivity contribution in [2.75, 3.05) is 11.9 Å². The van der Waals surface area contributed by atoms with Gasteiger partial charge in [-0.15, -0.1) is 10.2 Å². The Bertz CT molecular complexity index is 836. The van der Waals surface area contributed by atoms with E-state index < -0.39 is 0 Å². The number of rotatable bonds is 5.